The highest BCUT2D eigenvalue weighted by atomic mass is 79.9. The molecule has 0 bridgehead atoms. The Bertz CT molecular complexity index is 582. The minimum Gasteiger partial charge on any atom is -0.388 e. The van der Waals surface area contributed by atoms with Crippen LogP contribution < -0.4 is 0 Å². The summed E-state index contributed by atoms with van der Waals surface area (Å²) in [7, 11) is 0. The van der Waals surface area contributed by atoms with Gasteiger partial charge in [-0.15, -0.1) is 11.3 Å². The van der Waals surface area contributed by atoms with Crippen molar-refractivity contribution in [3.8, 4) is 0 Å². The number of benzene rings is 1. The molecule has 110 valence electrons. The summed E-state index contributed by atoms with van der Waals surface area (Å²) in [5.74, 6) is 0.520. The van der Waals surface area contributed by atoms with Crippen LogP contribution in [0.3, 0.4) is 0 Å². The van der Waals surface area contributed by atoms with E-state index in [4.69, 9.17) is 0 Å². The number of fused-ring (bicyclic) bond motifs is 1. The maximum atomic E-state index is 10.6. The van der Waals surface area contributed by atoms with Crippen LogP contribution in [0.25, 0.3) is 10.1 Å². The van der Waals surface area contributed by atoms with E-state index in [0.29, 0.717) is 11.3 Å². The van der Waals surface area contributed by atoms with Crippen LogP contribution in [0.4, 0.5) is 0 Å². The van der Waals surface area contributed by atoms with Gasteiger partial charge in [0.1, 0.15) is 0 Å². The van der Waals surface area contributed by atoms with Crippen molar-refractivity contribution in [1.82, 2.24) is 0 Å². The Morgan fingerprint density at radius 2 is 2.00 bits per heavy atom. The van der Waals surface area contributed by atoms with E-state index in [9.17, 15) is 5.11 Å². The molecule has 2 aromatic rings. The Kier molecular flexibility index (Phi) is 4.93. The van der Waals surface area contributed by atoms with Crippen molar-refractivity contribution in [2.75, 3.05) is 0 Å². The molecule has 0 saturated carbocycles. The Morgan fingerprint density at radius 3 is 2.65 bits per heavy atom. The summed E-state index contributed by atoms with van der Waals surface area (Å²) in [6.07, 6.45) is 1.60. The molecule has 0 spiro atoms. The number of halogens is 1. The van der Waals surface area contributed by atoms with Crippen molar-refractivity contribution in [3.05, 3.63) is 33.6 Å². The van der Waals surface area contributed by atoms with Gasteiger partial charge in [-0.25, -0.2) is 0 Å². The third kappa shape index (κ3) is 3.84. The average molecular weight is 355 g/mol. The van der Waals surface area contributed by atoms with Crippen molar-refractivity contribution >= 4 is 37.4 Å². The molecule has 0 saturated heterocycles. The molecule has 2 atom stereocenters. The van der Waals surface area contributed by atoms with E-state index in [2.05, 4.69) is 61.1 Å². The molecule has 0 aliphatic carbocycles. The zero-order valence-electron chi connectivity index (χ0n) is 12.6. The summed E-state index contributed by atoms with van der Waals surface area (Å²) < 4.78 is 2.34. The summed E-state index contributed by atoms with van der Waals surface area (Å²) in [6.45, 7) is 9.01. The van der Waals surface area contributed by atoms with Gasteiger partial charge in [-0.3, -0.25) is 0 Å². The number of hydrogen-bond acceptors (Lipinski definition) is 2. The maximum absolute atomic E-state index is 10.6. The first-order valence-corrected chi connectivity index (χ1v) is 8.79. The fourth-order valence-electron chi connectivity index (χ4n) is 2.94. The molecule has 0 fully saturated rings. The van der Waals surface area contributed by atoms with Gasteiger partial charge in [-0.1, -0.05) is 39.8 Å². The van der Waals surface area contributed by atoms with E-state index in [0.717, 1.165) is 22.9 Å². The minimum absolute atomic E-state index is 0.318. The molecule has 0 aliphatic heterocycles. The Morgan fingerprint density at radius 1 is 1.30 bits per heavy atom. The van der Waals surface area contributed by atoms with E-state index in [-0.39, 0.29) is 6.10 Å². The first kappa shape index (κ1) is 16.0. The molecule has 2 unspecified atom stereocenters. The van der Waals surface area contributed by atoms with Gasteiger partial charge < -0.3 is 5.11 Å². The normalized spacial score (nSPS) is 15.5. The van der Waals surface area contributed by atoms with Crippen LogP contribution in [0.5, 0.6) is 0 Å². The third-order valence-electron chi connectivity index (χ3n) is 3.53. The second kappa shape index (κ2) is 6.17. The second-order valence-electron chi connectivity index (χ2n) is 6.93. The van der Waals surface area contributed by atoms with Crippen molar-refractivity contribution in [1.29, 1.82) is 0 Å². The van der Waals surface area contributed by atoms with Crippen LogP contribution in [0, 0.1) is 11.3 Å². The summed E-state index contributed by atoms with van der Waals surface area (Å²) in [6, 6.07) is 6.19. The molecule has 0 aliphatic rings. The lowest BCUT2D eigenvalue weighted by atomic mass is 9.82. The Balaban J connectivity index is 2.16. The maximum Gasteiger partial charge on any atom is 0.0806 e. The van der Waals surface area contributed by atoms with Gasteiger partial charge in [0, 0.05) is 9.17 Å². The van der Waals surface area contributed by atoms with Crippen molar-refractivity contribution < 1.29 is 5.11 Å². The molecule has 20 heavy (non-hydrogen) atoms. The van der Waals surface area contributed by atoms with Gasteiger partial charge in [-0.05, 0) is 62.5 Å². The summed E-state index contributed by atoms with van der Waals surface area (Å²) in [5.41, 5.74) is 1.39. The summed E-state index contributed by atoms with van der Waals surface area (Å²) in [5, 5.41) is 13.8. The third-order valence-corrected chi connectivity index (χ3v) is 5.50. The molecule has 3 heteroatoms. The lowest BCUT2D eigenvalue weighted by Gasteiger charge is -2.24. The van der Waals surface area contributed by atoms with Gasteiger partial charge >= 0.3 is 0 Å². The van der Waals surface area contributed by atoms with Gasteiger partial charge in [0.2, 0.25) is 0 Å². The molecule has 0 amide bonds. The monoisotopic (exact) mass is 354 g/mol. The van der Waals surface area contributed by atoms with Gasteiger partial charge in [-0.2, -0.15) is 0 Å². The van der Waals surface area contributed by atoms with Crippen LogP contribution in [-0.4, -0.2) is 5.11 Å². The predicted molar refractivity (Wildman–Crippen MR) is 92.3 cm³/mol. The fourth-order valence-corrected chi connectivity index (χ4v) is 4.61. The molecule has 2 rings (SSSR count). The zero-order chi connectivity index (χ0) is 14.9. The van der Waals surface area contributed by atoms with E-state index in [1.165, 1.54) is 10.1 Å². The first-order valence-electron chi connectivity index (χ1n) is 7.11. The number of rotatable bonds is 4. The molecule has 0 radical (unpaired) electrons. The van der Waals surface area contributed by atoms with Gasteiger partial charge in [0.05, 0.1) is 6.10 Å². The predicted octanol–water partition coefficient (Wildman–Crippen LogP) is 6.16. The number of thiophene rings is 1. The fraction of sp³-hybridized carbons (Fsp3) is 0.529. The molecule has 1 N–H and O–H groups in total. The first-order chi connectivity index (χ1) is 9.28. The summed E-state index contributed by atoms with van der Waals surface area (Å²) in [4.78, 5) is 0. The van der Waals surface area contributed by atoms with Crippen LogP contribution in [0.1, 0.15) is 52.2 Å². The standard InChI is InChI=1S/C17H23BrOS/c1-11(9-17(2,3)4)8-15(19)13-10-20-16-12(13)6-5-7-14(16)18/h5-7,10-11,15,19H,8-9H2,1-4H3. The van der Waals surface area contributed by atoms with Crippen LogP contribution in [0.15, 0.2) is 28.1 Å². The highest BCUT2D eigenvalue weighted by Crippen LogP contribution is 2.38. The minimum atomic E-state index is -0.365. The van der Waals surface area contributed by atoms with Gasteiger partial charge in [0.15, 0.2) is 0 Å². The van der Waals surface area contributed by atoms with Crippen molar-refractivity contribution in [2.24, 2.45) is 11.3 Å². The van der Waals surface area contributed by atoms with Crippen LogP contribution in [-0.2, 0) is 0 Å². The van der Waals surface area contributed by atoms with Crippen LogP contribution >= 0.6 is 27.3 Å². The molecule has 1 aromatic heterocycles. The quantitative estimate of drug-likeness (QED) is 0.696. The largest absolute Gasteiger partial charge is 0.388 e. The lowest BCUT2D eigenvalue weighted by Crippen LogP contribution is -2.13. The molecular weight excluding hydrogens is 332 g/mol. The lowest BCUT2D eigenvalue weighted by molar-refractivity contribution is 0.135. The van der Waals surface area contributed by atoms with E-state index in [1.54, 1.807) is 11.3 Å². The van der Waals surface area contributed by atoms with E-state index < -0.39 is 0 Å². The topological polar surface area (TPSA) is 20.2 Å². The Labute approximate surface area is 134 Å². The van der Waals surface area contributed by atoms with Crippen molar-refractivity contribution in [3.63, 3.8) is 0 Å². The van der Waals surface area contributed by atoms with E-state index >= 15 is 0 Å². The second-order valence-corrected chi connectivity index (χ2v) is 8.66. The van der Waals surface area contributed by atoms with Crippen molar-refractivity contribution in [2.45, 2.75) is 46.6 Å². The number of aliphatic hydroxyl groups is 1. The average Bonchev–Trinajstić information content (AvgIpc) is 2.71. The SMILES string of the molecule is CC(CC(O)c1csc2c(Br)cccc12)CC(C)(C)C. The van der Waals surface area contributed by atoms with E-state index in [1.807, 2.05) is 6.07 Å². The zero-order valence-corrected chi connectivity index (χ0v) is 15.0. The number of aliphatic hydroxyl groups excluding tert-OH is 1. The smallest absolute Gasteiger partial charge is 0.0806 e. The van der Waals surface area contributed by atoms with Gasteiger partial charge in [0.25, 0.3) is 0 Å². The summed E-state index contributed by atoms with van der Waals surface area (Å²) >= 11 is 5.28. The number of hydrogen-bond donors (Lipinski definition) is 1. The molecular formula is C17H23BrOS. The highest BCUT2D eigenvalue weighted by Gasteiger charge is 2.21. The molecule has 1 nitrogen and oxygen atoms in total. The van der Waals surface area contributed by atoms with Crippen LogP contribution in [0.2, 0.25) is 0 Å². The Hall–Kier alpha value is -0.380. The molecule has 1 heterocycles. The molecule has 1 aromatic carbocycles. The highest BCUT2D eigenvalue weighted by molar-refractivity contribution is 9.10.